The Bertz CT molecular complexity index is 1570. The maximum atomic E-state index is 14.2. The van der Waals surface area contributed by atoms with E-state index in [2.05, 4.69) is 25.3 Å². The van der Waals surface area contributed by atoms with Gasteiger partial charge in [-0.3, -0.25) is 9.36 Å². The fraction of sp³-hybridized carbons (Fsp3) is 0.136. The maximum absolute atomic E-state index is 14.2. The van der Waals surface area contributed by atoms with Crippen molar-refractivity contribution in [3.63, 3.8) is 0 Å². The normalized spacial score (nSPS) is 12.4. The van der Waals surface area contributed by atoms with Gasteiger partial charge in [-0.2, -0.15) is 0 Å². The molecule has 166 valence electrons. The summed E-state index contributed by atoms with van der Waals surface area (Å²) in [5.41, 5.74) is 1.27. The van der Waals surface area contributed by atoms with Crippen LogP contribution in [0.15, 0.2) is 53.8 Å². The molecular weight excluding hydrogens is 468 g/mol. The van der Waals surface area contributed by atoms with Crippen molar-refractivity contribution in [1.29, 1.82) is 0 Å². The fourth-order valence-corrected chi connectivity index (χ4v) is 4.17. The van der Waals surface area contributed by atoms with E-state index in [4.69, 9.17) is 28.2 Å². The first-order chi connectivity index (χ1) is 16.0. The Morgan fingerprint density at radius 2 is 1.97 bits per heavy atom. The minimum atomic E-state index is -0.700. The summed E-state index contributed by atoms with van der Waals surface area (Å²) in [6.07, 6.45) is 3.47. The van der Waals surface area contributed by atoms with Gasteiger partial charge in [-0.15, -0.1) is 0 Å². The standard InChI is InChI=1S/C22H16Cl2FN7O/c1-2-13(30-20-18-19(27-9-26-18)28-10-29-20)21-31-14-8-7-12(25)17(24)16(14)22(33)32(21)15-6-4-3-5-11(15)23/h3-10,13H,2H2,1H3,(H2,26,27,28,29,30)/t13-/m0/s1. The highest BCUT2D eigenvalue weighted by molar-refractivity contribution is 6.35. The van der Waals surface area contributed by atoms with Crippen LogP contribution >= 0.6 is 23.2 Å². The van der Waals surface area contributed by atoms with E-state index in [1.54, 1.807) is 24.3 Å². The van der Waals surface area contributed by atoms with Gasteiger partial charge in [0.05, 0.1) is 39.0 Å². The molecule has 0 aliphatic carbocycles. The van der Waals surface area contributed by atoms with E-state index < -0.39 is 17.4 Å². The number of H-pyrrole nitrogens is 1. The summed E-state index contributed by atoms with van der Waals surface area (Å²) >= 11 is 12.6. The van der Waals surface area contributed by atoms with Crippen LogP contribution in [-0.4, -0.2) is 29.5 Å². The van der Waals surface area contributed by atoms with E-state index in [1.165, 1.54) is 29.4 Å². The molecule has 0 saturated heterocycles. The lowest BCUT2D eigenvalue weighted by Crippen LogP contribution is -2.29. The van der Waals surface area contributed by atoms with Gasteiger partial charge in [0.1, 0.15) is 23.5 Å². The molecule has 0 unspecified atom stereocenters. The van der Waals surface area contributed by atoms with E-state index in [-0.39, 0.29) is 15.9 Å². The zero-order valence-electron chi connectivity index (χ0n) is 17.2. The van der Waals surface area contributed by atoms with Crippen LogP contribution in [0.2, 0.25) is 10.0 Å². The molecule has 11 heteroatoms. The number of hydrogen-bond acceptors (Lipinski definition) is 6. The number of rotatable bonds is 5. The molecule has 0 radical (unpaired) electrons. The molecule has 2 N–H and O–H groups in total. The van der Waals surface area contributed by atoms with Crippen molar-refractivity contribution in [3.05, 3.63) is 81.1 Å². The first kappa shape index (κ1) is 21.3. The molecule has 0 saturated carbocycles. The molecule has 5 aromatic rings. The molecule has 0 bridgehead atoms. The minimum absolute atomic E-state index is 0.0214. The lowest BCUT2D eigenvalue weighted by molar-refractivity contribution is 0.628. The van der Waals surface area contributed by atoms with Crippen molar-refractivity contribution < 1.29 is 4.39 Å². The number of nitrogens with zero attached hydrogens (tertiary/aromatic N) is 5. The smallest absolute Gasteiger partial charge is 0.267 e. The topological polar surface area (TPSA) is 101 Å². The van der Waals surface area contributed by atoms with Crippen LogP contribution in [0.4, 0.5) is 10.2 Å². The quantitative estimate of drug-likeness (QED) is 0.362. The van der Waals surface area contributed by atoms with Crippen molar-refractivity contribution in [3.8, 4) is 5.69 Å². The number of aromatic amines is 1. The number of imidazole rings is 1. The van der Waals surface area contributed by atoms with Crippen LogP contribution < -0.4 is 10.9 Å². The number of nitrogens with one attached hydrogen (secondary N) is 2. The average molecular weight is 484 g/mol. The minimum Gasteiger partial charge on any atom is -0.358 e. The second kappa shape index (κ2) is 8.42. The van der Waals surface area contributed by atoms with Gasteiger partial charge in [0.2, 0.25) is 0 Å². The number of halogens is 3. The molecule has 0 amide bonds. The zero-order valence-corrected chi connectivity index (χ0v) is 18.7. The lowest BCUT2D eigenvalue weighted by atomic mass is 10.1. The molecule has 0 aliphatic rings. The largest absolute Gasteiger partial charge is 0.358 e. The third kappa shape index (κ3) is 3.59. The summed E-state index contributed by atoms with van der Waals surface area (Å²) in [5, 5.41) is 3.34. The predicted octanol–water partition coefficient (Wildman–Crippen LogP) is 5.06. The van der Waals surface area contributed by atoms with Gasteiger partial charge in [0, 0.05) is 0 Å². The number of aromatic nitrogens is 6. The predicted molar refractivity (Wildman–Crippen MR) is 126 cm³/mol. The van der Waals surface area contributed by atoms with E-state index in [9.17, 15) is 9.18 Å². The Morgan fingerprint density at radius 3 is 2.76 bits per heavy atom. The number of fused-ring (bicyclic) bond motifs is 2. The zero-order chi connectivity index (χ0) is 23.1. The first-order valence-corrected chi connectivity index (χ1v) is 10.8. The third-order valence-corrected chi connectivity index (χ3v) is 5.98. The van der Waals surface area contributed by atoms with Crippen molar-refractivity contribution in [2.45, 2.75) is 19.4 Å². The Hall–Kier alpha value is -3.56. The highest BCUT2D eigenvalue weighted by atomic mass is 35.5. The average Bonchev–Trinajstić information content (AvgIpc) is 3.30. The van der Waals surface area contributed by atoms with Gasteiger partial charge in [-0.25, -0.2) is 24.3 Å². The molecule has 0 spiro atoms. The van der Waals surface area contributed by atoms with Crippen LogP contribution in [0.5, 0.6) is 0 Å². The molecule has 2 aromatic carbocycles. The van der Waals surface area contributed by atoms with Crippen LogP contribution in [0, 0.1) is 5.82 Å². The highest BCUT2D eigenvalue weighted by Gasteiger charge is 2.24. The molecule has 0 fully saturated rings. The van der Waals surface area contributed by atoms with Crippen molar-refractivity contribution in [2.75, 3.05) is 5.32 Å². The van der Waals surface area contributed by atoms with E-state index in [0.717, 1.165) is 0 Å². The second-order valence-electron chi connectivity index (χ2n) is 7.24. The van der Waals surface area contributed by atoms with Gasteiger partial charge in [-0.1, -0.05) is 42.3 Å². The van der Waals surface area contributed by atoms with E-state index in [1.807, 2.05) is 6.92 Å². The second-order valence-corrected chi connectivity index (χ2v) is 8.03. The third-order valence-electron chi connectivity index (χ3n) is 5.30. The summed E-state index contributed by atoms with van der Waals surface area (Å²) in [5.74, 6) is 0.145. The van der Waals surface area contributed by atoms with Gasteiger partial charge in [-0.05, 0) is 30.7 Å². The molecular formula is C22H16Cl2FN7O. The summed E-state index contributed by atoms with van der Waals surface area (Å²) in [4.78, 5) is 34.0. The number of anilines is 1. The Balaban J connectivity index is 1.78. The molecule has 33 heavy (non-hydrogen) atoms. The highest BCUT2D eigenvalue weighted by Crippen LogP contribution is 2.30. The molecule has 8 nitrogen and oxygen atoms in total. The number of benzene rings is 2. The Labute approximate surface area is 196 Å². The van der Waals surface area contributed by atoms with Crippen LogP contribution in [0.1, 0.15) is 25.2 Å². The Kier molecular flexibility index (Phi) is 5.43. The van der Waals surface area contributed by atoms with Gasteiger partial charge in [0.25, 0.3) is 5.56 Å². The molecule has 0 aliphatic heterocycles. The Morgan fingerprint density at radius 1 is 1.15 bits per heavy atom. The summed E-state index contributed by atoms with van der Waals surface area (Å²) in [7, 11) is 0. The van der Waals surface area contributed by atoms with Crippen molar-refractivity contribution in [2.24, 2.45) is 0 Å². The van der Waals surface area contributed by atoms with E-state index >= 15 is 0 Å². The first-order valence-electron chi connectivity index (χ1n) is 10.1. The summed E-state index contributed by atoms with van der Waals surface area (Å²) in [6.45, 7) is 1.94. The number of hydrogen-bond donors (Lipinski definition) is 2. The maximum Gasteiger partial charge on any atom is 0.267 e. The van der Waals surface area contributed by atoms with Gasteiger partial charge < -0.3 is 10.3 Å². The lowest BCUT2D eigenvalue weighted by Gasteiger charge is -2.22. The van der Waals surface area contributed by atoms with Gasteiger partial charge >= 0.3 is 0 Å². The number of para-hydroxylation sites is 1. The van der Waals surface area contributed by atoms with Crippen molar-refractivity contribution >= 4 is 51.1 Å². The molecule has 3 aromatic heterocycles. The van der Waals surface area contributed by atoms with E-state index in [0.29, 0.717) is 39.9 Å². The van der Waals surface area contributed by atoms with Crippen LogP contribution in [0.25, 0.3) is 27.8 Å². The summed E-state index contributed by atoms with van der Waals surface area (Å²) < 4.78 is 15.6. The molecule has 5 rings (SSSR count). The van der Waals surface area contributed by atoms with Crippen molar-refractivity contribution in [1.82, 2.24) is 29.5 Å². The van der Waals surface area contributed by atoms with Crippen LogP contribution in [0.3, 0.4) is 0 Å². The van der Waals surface area contributed by atoms with Gasteiger partial charge in [0.15, 0.2) is 11.5 Å². The SMILES string of the molecule is CC[C@H](Nc1ncnc2[nH]cnc12)c1nc2ccc(F)c(Cl)c2c(=O)n1-c1ccccc1Cl. The summed E-state index contributed by atoms with van der Waals surface area (Å²) in [6, 6.07) is 9.00. The van der Waals surface area contributed by atoms with Crippen LogP contribution in [-0.2, 0) is 0 Å². The monoisotopic (exact) mass is 483 g/mol. The molecule has 1 atom stereocenters. The fourth-order valence-electron chi connectivity index (χ4n) is 3.71. The molecule has 3 heterocycles.